The number of esters is 1. The largest absolute Gasteiger partial charge is 0.462 e. The lowest BCUT2D eigenvalue weighted by molar-refractivity contribution is -0.116. The van der Waals surface area contributed by atoms with Gasteiger partial charge < -0.3 is 10.5 Å². The van der Waals surface area contributed by atoms with Gasteiger partial charge in [0.1, 0.15) is 5.78 Å². The third kappa shape index (κ3) is 3.08. The molecule has 1 rings (SSSR count). The number of hydrogen-bond donors (Lipinski definition) is 1. The topological polar surface area (TPSA) is 69.4 Å². The number of carbonyl (C=O) groups is 2. The van der Waals surface area contributed by atoms with E-state index >= 15 is 0 Å². The fourth-order valence-electron chi connectivity index (χ4n) is 1.44. The van der Waals surface area contributed by atoms with Crippen LogP contribution >= 0.6 is 0 Å². The molecule has 0 spiro atoms. The number of ether oxygens (including phenoxy) is 1. The molecule has 4 heteroatoms. The molecule has 0 saturated heterocycles. The third-order valence-corrected chi connectivity index (χ3v) is 2.06. The Kier molecular flexibility index (Phi) is 4.05. The SMILES string of the molecule is CCOC(=O)c1ccc(N)cc1CC(C)=O. The molecular weight excluding hydrogens is 206 g/mol. The van der Waals surface area contributed by atoms with Crippen molar-refractivity contribution in [3.05, 3.63) is 29.3 Å². The lowest BCUT2D eigenvalue weighted by atomic mass is 10.0. The molecule has 0 aliphatic rings. The van der Waals surface area contributed by atoms with Crippen LogP contribution in [0.15, 0.2) is 18.2 Å². The highest BCUT2D eigenvalue weighted by Crippen LogP contribution is 2.16. The highest BCUT2D eigenvalue weighted by atomic mass is 16.5. The number of ketones is 1. The lowest BCUT2D eigenvalue weighted by Crippen LogP contribution is -2.10. The molecule has 0 amide bonds. The van der Waals surface area contributed by atoms with Gasteiger partial charge >= 0.3 is 5.97 Å². The molecule has 0 saturated carbocycles. The summed E-state index contributed by atoms with van der Waals surface area (Å²) >= 11 is 0. The first-order valence-electron chi connectivity index (χ1n) is 5.09. The van der Waals surface area contributed by atoms with Crippen LogP contribution in [0.4, 0.5) is 5.69 Å². The van der Waals surface area contributed by atoms with Crippen molar-refractivity contribution in [1.29, 1.82) is 0 Å². The maximum atomic E-state index is 11.6. The summed E-state index contributed by atoms with van der Waals surface area (Å²) in [7, 11) is 0. The number of nitrogens with two attached hydrogens (primary N) is 1. The zero-order valence-electron chi connectivity index (χ0n) is 9.45. The minimum absolute atomic E-state index is 0.0175. The summed E-state index contributed by atoms with van der Waals surface area (Å²) in [6.07, 6.45) is 0.194. The monoisotopic (exact) mass is 221 g/mol. The van der Waals surface area contributed by atoms with Crippen molar-refractivity contribution < 1.29 is 14.3 Å². The van der Waals surface area contributed by atoms with E-state index in [-0.39, 0.29) is 12.2 Å². The Bertz CT molecular complexity index is 413. The van der Waals surface area contributed by atoms with Gasteiger partial charge in [-0.2, -0.15) is 0 Å². The molecule has 0 unspecified atom stereocenters. The summed E-state index contributed by atoms with van der Waals surface area (Å²) in [4.78, 5) is 22.6. The van der Waals surface area contributed by atoms with Crippen molar-refractivity contribution >= 4 is 17.4 Å². The molecule has 1 aromatic rings. The second-order valence-electron chi connectivity index (χ2n) is 3.52. The Morgan fingerprint density at radius 1 is 1.38 bits per heavy atom. The Morgan fingerprint density at radius 3 is 2.62 bits per heavy atom. The van der Waals surface area contributed by atoms with Crippen molar-refractivity contribution in [3.8, 4) is 0 Å². The molecule has 16 heavy (non-hydrogen) atoms. The minimum Gasteiger partial charge on any atom is -0.462 e. The predicted molar refractivity (Wildman–Crippen MR) is 61.2 cm³/mol. The Balaban J connectivity index is 3.06. The number of nitrogen functional groups attached to an aromatic ring is 1. The van der Waals surface area contributed by atoms with Crippen molar-refractivity contribution in [2.75, 3.05) is 12.3 Å². The van der Waals surface area contributed by atoms with Crippen LogP contribution in [0.25, 0.3) is 0 Å². The smallest absolute Gasteiger partial charge is 0.338 e. The summed E-state index contributed by atoms with van der Waals surface area (Å²) in [5, 5.41) is 0. The van der Waals surface area contributed by atoms with E-state index in [9.17, 15) is 9.59 Å². The van der Waals surface area contributed by atoms with Crippen LogP contribution in [0.3, 0.4) is 0 Å². The van der Waals surface area contributed by atoms with Crippen LogP contribution in [-0.2, 0) is 16.0 Å². The van der Waals surface area contributed by atoms with Crippen molar-refractivity contribution in [2.24, 2.45) is 0 Å². The number of carbonyl (C=O) groups excluding carboxylic acids is 2. The predicted octanol–water partition coefficient (Wildman–Crippen LogP) is 1.58. The van der Waals surface area contributed by atoms with Gasteiger partial charge in [-0.1, -0.05) is 0 Å². The quantitative estimate of drug-likeness (QED) is 0.619. The molecule has 0 bridgehead atoms. The summed E-state index contributed by atoms with van der Waals surface area (Å²) < 4.78 is 4.90. The van der Waals surface area contributed by atoms with Gasteiger partial charge in [0.25, 0.3) is 0 Å². The number of benzene rings is 1. The first-order chi connectivity index (χ1) is 7.54. The number of rotatable bonds is 4. The zero-order valence-corrected chi connectivity index (χ0v) is 9.45. The second-order valence-corrected chi connectivity index (χ2v) is 3.52. The Labute approximate surface area is 94.4 Å². The van der Waals surface area contributed by atoms with Crippen LogP contribution in [0.2, 0.25) is 0 Å². The van der Waals surface area contributed by atoms with Gasteiger partial charge in [-0.3, -0.25) is 4.79 Å². The van der Waals surface area contributed by atoms with Gasteiger partial charge in [-0.25, -0.2) is 4.79 Å². The zero-order chi connectivity index (χ0) is 12.1. The fraction of sp³-hybridized carbons (Fsp3) is 0.333. The highest BCUT2D eigenvalue weighted by molar-refractivity contribution is 5.93. The molecule has 0 atom stereocenters. The summed E-state index contributed by atoms with van der Waals surface area (Å²) in [6.45, 7) is 3.51. The van der Waals surface area contributed by atoms with E-state index in [2.05, 4.69) is 0 Å². The fourth-order valence-corrected chi connectivity index (χ4v) is 1.44. The van der Waals surface area contributed by atoms with Crippen LogP contribution in [0.5, 0.6) is 0 Å². The molecule has 0 radical (unpaired) electrons. The van der Waals surface area contributed by atoms with Gasteiger partial charge in [-0.15, -0.1) is 0 Å². The van der Waals surface area contributed by atoms with E-state index in [4.69, 9.17) is 10.5 Å². The summed E-state index contributed by atoms with van der Waals surface area (Å²) in [5.41, 5.74) is 7.17. The van der Waals surface area contributed by atoms with Crippen LogP contribution in [-0.4, -0.2) is 18.4 Å². The number of Topliss-reactive ketones (excluding diaryl/α,β-unsaturated/α-hetero) is 1. The maximum absolute atomic E-state index is 11.6. The van der Waals surface area contributed by atoms with E-state index in [0.717, 1.165) is 0 Å². The number of hydrogen-bond acceptors (Lipinski definition) is 4. The molecule has 0 aliphatic heterocycles. The summed E-state index contributed by atoms with van der Waals surface area (Å²) in [6, 6.07) is 4.84. The molecule has 4 nitrogen and oxygen atoms in total. The van der Waals surface area contributed by atoms with E-state index in [1.54, 1.807) is 25.1 Å². The number of anilines is 1. The molecule has 2 N–H and O–H groups in total. The van der Waals surface area contributed by atoms with Crippen LogP contribution in [0.1, 0.15) is 29.8 Å². The second kappa shape index (κ2) is 5.30. The normalized spacial score (nSPS) is 9.88. The van der Waals surface area contributed by atoms with E-state index in [1.165, 1.54) is 6.92 Å². The highest BCUT2D eigenvalue weighted by Gasteiger charge is 2.13. The van der Waals surface area contributed by atoms with Crippen molar-refractivity contribution in [3.63, 3.8) is 0 Å². The molecule has 0 fully saturated rings. The van der Waals surface area contributed by atoms with E-state index in [0.29, 0.717) is 23.4 Å². The van der Waals surface area contributed by atoms with E-state index < -0.39 is 5.97 Å². The average molecular weight is 221 g/mol. The van der Waals surface area contributed by atoms with Crippen LogP contribution in [0, 0.1) is 0 Å². The molecular formula is C12H15NO3. The standard InChI is InChI=1S/C12H15NO3/c1-3-16-12(15)11-5-4-10(13)7-9(11)6-8(2)14/h4-5,7H,3,6,13H2,1-2H3. The molecule has 0 aliphatic carbocycles. The minimum atomic E-state index is -0.418. The van der Waals surface area contributed by atoms with Gasteiger partial charge in [-0.05, 0) is 37.6 Å². The van der Waals surface area contributed by atoms with Gasteiger partial charge in [0.2, 0.25) is 0 Å². The molecule has 1 aromatic carbocycles. The Hall–Kier alpha value is -1.84. The van der Waals surface area contributed by atoms with Gasteiger partial charge in [0.15, 0.2) is 0 Å². The first-order valence-corrected chi connectivity index (χ1v) is 5.09. The third-order valence-electron chi connectivity index (χ3n) is 2.06. The molecule has 86 valence electrons. The average Bonchev–Trinajstić information content (AvgIpc) is 2.16. The molecule has 0 heterocycles. The van der Waals surface area contributed by atoms with Crippen molar-refractivity contribution in [1.82, 2.24) is 0 Å². The van der Waals surface area contributed by atoms with Gasteiger partial charge in [0.05, 0.1) is 12.2 Å². The van der Waals surface area contributed by atoms with Gasteiger partial charge in [0, 0.05) is 12.1 Å². The van der Waals surface area contributed by atoms with Crippen LogP contribution < -0.4 is 5.73 Å². The Morgan fingerprint density at radius 2 is 2.06 bits per heavy atom. The first kappa shape index (κ1) is 12.2. The maximum Gasteiger partial charge on any atom is 0.338 e. The van der Waals surface area contributed by atoms with Crippen molar-refractivity contribution in [2.45, 2.75) is 20.3 Å². The summed E-state index contributed by atoms with van der Waals surface area (Å²) in [5.74, 6) is -0.435. The van der Waals surface area contributed by atoms with E-state index in [1.807, 2.05) is 0 Å². The lowest BCUT2D eigenvalue weighted by Gasteiger charge is -2.08. The molecule has 0 aromatic heterocycles.